The van der Waals surface area contributed by atoms with Gasteiger partial charge in [0.05, 0.1) is 6.04 Å². The topological polar surface area (TPSA) is 122 Å². The van der Waals surface area contributed by atoms with E-state index in [1.807, 2.05) is 30.3 Å². The van der Waals surface area contributed by atoms with Crippen LogP contribution in [0.5, 0.6) is 0 Å². The van der Waals surface area contributed by atoms with E-state index in [1.165, 1.54) is 0 Å². The third-order valence-corrected chi connectivity index (χ3v) is 3.89. The summed E-state index contributed by atoms with van der Waals surface area (Å²) < 4.78 is 5.04. The first-order valence-corrected chi connectivity index (χ1v) is 8.41. The van der Waals surface area contributed by atoms with Crippen LogP contribution in [-0.2, 0) is 20.7 Å². The van der Waals surface area contributed by atoms with Crippen LogP contribution < -0.4 is 11.1 Å². The number of hydrogen-bond donors (Lipinski definition) is 3. The van der Waals surface area contributed by atoms with Crippen molar-refractivity contribution in [3.05, 3.63) is 35.9 Å². The normalized spacial score (nSPS) is 21.4. The highest BCUT2D eigenvalue weighted by Crippen LogP contribution is 2.22. The van der Waals surface area contributed by atoms with Gasteiger partial charge >= 0.3 is 6.09 Å². The third-order valence-electron chi connectivity index (χ3n) is 3.89. The molecule has 0 aromatic heterocycles. The maximum Gasteiger partial charge on any atom is 0.410 e. The molecule has 8 heteroatoms. The van der Waals surface area contributed by atoms with E-state index in [9.17, 15) is 19.5 Å². The van der Waals surface area contributed by atoms with Crippen LogP contribution in [0.15, 0.2) is 30.3 Å². The van der Waals surface area contributed by atoms with Crippen molar-refractivity contribution in [2.24, 2.45) is 5.73 Å². The van der Waals surface area contributed by atoms with Crippen LogP contribution >= 0.6 is 0 Å². The Morgan fingerprint density at radius 1 is 1.35 bits per heavy atom. The van der Waals surface area contributed by atoms with Crippen LogP contribution in [0.4, 0.5) is 4.79 Å². The second-order valence-electron chi connectivity index (χ2n) is 7.33. The average molecular weight is 363 g/mol. The summed E-state index contributed by atoms with van der Waals surface area (Å²) in [5, 5.41) is 12.6. The van der Waals surface area contributed by atoms with Gasteiger partial charge in [0.1, 0.15) is 5.60 Å². The predicted molar refractivity (Wildman–Crippen MR) is 93.8 cm³/mol. The Kier molecular flexibility index (Phi) is 5.68. The van der Waals surface area contributed by atoms with Gasteiger partial charge < -0.3 is 15.6 Å². The number of carbonyl (C=O) groups excluding carboxylic acids is 3. The van der Waals surface area contributed by atoms with E-state index in [0.29, 0.717) is 0 Å². The molecular formula is C18H25N3O5. The minimum absolute atomic E-state index is 0.0353. The summed E-state index contributed by atoms with van der Waals surface area (Å²) >= 11 is 0. The van der Waals surface area contributed by atoms with Gasteiger partial charge in [-0.1, -0.05) is 30.3 Å². The summed E-state index contributed by atoms with van der Waals surface area (Å²) in [6.07, 6.45) is -0.799. The van der Waals surface area contributed by atoms with Gasteiger partial charge in [-0.05, 0) is 32.8 Å². The van der Waals surface area contributed by atoms with E-state index in [4.69, 9.17) is 10.5 Å². The van der Waals surface area contributed by atoms with E-state index in [0.717, 1.165) is 10.5 Å². The van der Waals surface area contributed by atoms with E-state index in [2.05, 4.69) is 5.32 Å². The number of imide groups is 1. The summed E-state index contributed by atoms with van der Waals surface area (Å²) in [6, 6.07) is 8.25. The molecule has 1 aromatic carbocycles. The fourth-order valence-electron chi connectivity index (χ4n) is 2.66. The number of benzene rings is 1. The molecule has 0 aliphatic carbocycles. The summed E-state index contributed by atoms with van der Waals surface area (Å²) in [5.41, 5.74) is 3.83. The number of ether oxygens (including phenoxy) is 1. The van der Waals surface area contributed by atoms with Crippen LogP contribution in [0.2, 0.25) is 0 Å². The number of nitrogens with one attached hydrogen (secondary N) is 1. The second kappa shape index (κ2) is 7.43. The Balaban J connectivity index is 2.00. The standard InChI is InChI=1S/C18H25N3O5/c1-17(2,3)26-16(24)20-18(25)9-10-21(15(18)23)14(22)13(19)11-12-7-5-4-6-8-12/h4-8,13,25H,9-11,19H2,1-3H3,(H,20,24)/t13-,18+/m0/s1. The number of hydrogen-bond acceptors (Lipinski definition) is 6. The monoisotopic (exact) mass is 363 g/mol. The number of amides is 3. The van der Waals surface area contributed by atoms with Gasteiger partial charge in [-0.3, -0.25) is 19.8 Å². The highest BCUT2D eigenvalue weighted by molar-refractivity contribution is 6.03. The van der Waals surface area contributed by atoms with Gasteiger partial charge in [0, 0.05) is 13.0 Å². The number of rotatable bonds is 4. The van der Waals surface area contributed by atoms with Gasteiger partial charge in [-0.15, -0.1) is 0 Å². The van der Waals surface area contributed by atoms with Gasteiger partial charge in [-0.25, -0.2) is 4.79 Å². The molecule has 1 fully saturated rings. The van der Waals surface area contributed by atoms with E-state index >= 15 is 0 Å². The molecule has 0 saturated carbocycles. The molecule has 0 bridgehead atoms. The molecule has 142 valence electrons. The van der Waals surface area contributed by atoms with Crippen LogP contribution in [0, 0.1) is 0 Å². The number of likely N-dealkylation sites (tertiary alicyclic amines) is 1. The van der Waals surface area contributed by atoms with Crippen molar-refractivity contribution in [2.45, 2.75) is 51.0 Å². The van der Waals surface area contributed by atoms with E-state index in [-0.39, 0.29) is 19.4 Å². The minimum Gasteiger partial charge on any atom is -0.444 e. The summed E-state index contributed by atoms with van der Waals surface area (Å²) in [7, 11) is 0. The SMILES string of the molecule is CC(C)(C)OC(=O)N[C@@]1(O)CCN(C(=O)[C@@H](N)Cc2ccccc2)C1=O. The Hall–Kier alpha value is -2.45. The predicted octanol–water partition coefficient (Wildman–Crippen LogP) is 0.529. The fraction of sp³-hybridized carbons (Fsp3) is 0.500. The van der Waals surface area contributed by atoms with E-state index in [1.54, 1.807) is 20.8 Å². The largest absolute Gasteiger partial charge is 0.444 e. The van der Waals surface area contributed by atoms with Gasteiger partial charge in [0.2, 0.25) is 11.6 Å². The van der Waals surface area contributed by atoms with Crippen molar-refractivity contribution >= 4 is 17.9 Å². The highest BCUT2D eigenvalue weighted by Gasteiger charge is 2.50. The number of nitrogens with zero attached hydrogens (tertiary/aromatic N) is 1. The molecule has 1 aliphatic rings. The molecule has 1 aromatic rings. The number of alkyl carbamates (subject to hydrolysis) is 1. The zero-order valence-electron chi connectivity index (χ0n) is 15.2. The van der Waals surface area contributed by atoms with Crippen molar-refractivity contribution in [1.82, 2.24) is 10.2 Å². The molecule has 2 atom stereocenters. The first-order chi connectivity index (χ1) is 12.0. The molecule has 3 amide bonds. The molecule has 0 spiro atoms. The maximum absolute atomic E-state index is 12.5. The van der Waals surface area contributed by atoms with Crippen LogP contribution in [0.1, 0.15) is 32.8 Å². The van der Waals surface area contributed by atoms with Crippen molar-refractivity contribution in [1.29, 1.82) is 0 Å². The zero-order chi connectivity index (χ0) is 19.5. The molecule has 1 saturated heterocycles. The number of nitrogens with two attached hydrogens (primary N) is 1. The lowest BCUT2D eigenvalue weighted by atomic mass is 10.1. The molecule has 0 radical (unpaired) electrons. The molecule has 1 aliphatic heterocycles. The molecular weight excluding hydrogens is 338 g/mol. The van der Waals surface area contributed by atoms with Crippen LogP contribution in [0.25, 0.3) is 0 Å². The molecule has 2 rings (SSSR count). The highest BCUT2D eigenvalue weighted by atomic mass is 16.6. The van der Waals surface area contributed by atoms with Crippen molar-refractivity contribution in [3.63, 3.8) is 0 Å². The van der Waals surface area contributed by atoms with Crippen LogP contribution in [0.3, 0.4) is 0 Å². The number of aliphatic hydroxyl groups is 1. The van der Waals surface area contributed by atoms with Crippen LogP contribution in [-0.4, -0.2) is 51.8 Å². The lowest BCUT2D eigenvalue weighted by Crippen LogP contribution is -2.57. The molecule has 8 nitrogen and oxygen atoms in total. The van der Waals surface area contributed by atoms with Gasteiger partial charge in [0.15, 0.2) is 0 Å². The molecule has 26 heavy (non-hydrogen) atoms. The smallest absolute Gasteiger partial charge is 0.410 e. The van der Waals surface area contributed by atoms with Crippen molar-refractivity contribution < 1.29 is 24.2 Å². The average Bonchev–Trinajstić information content (AvgIpc) is 2.81. The lowest BCUT2D eigenvalue weighted by molar-refractivity contribution is -0.153. The zero-order valence-corrected chi connectivity index (χ0v) is 15.2. The summed E-state index contributed by atoms with van der Waals surface area (Å²) in [4.78, 5) is 37.7. The lowest BCUT2D eigenvalue weighted by Gasteiger charge is -2.26. The fourth-order valence-corrected chi connectivity index (χ4v) is 2.66. The van der Waals surface area contributed by atoms with Gasteiger partial charge in [0.25, 0.3) is 5.91 Å². The maximum atomic E-state index is 12.5. The summed E-state index contributed by atoms with van der Waals surface area (Å²) in [6.45, 7) is 4.94. The molecule has 1 heterocycles. The summed E-state index contributed by atoms with van der Waals surface area (Å²) in [5.74, 6) is -1.50. The van der Waals surface area contributed by atoms with E-state index < -0.39 is 35.3 Å². The quantitative estimate of drug-likeness (QED) is 0.671. The first kappa shape index (κ1) is 19.9. The van der Waals surface area contributed by atoms with Gasteiger partial charge in [-0.2, -0.15) is 0 Å². The second-order valence-corrected chi connectivity index (χ2v) is 7.33. The Morgan fingerprint density at radius 2 is 1.96 bits per heavy atom. The molecule has 0 unspecified atom stereocenters. The first-order valence-electron chi connectivity index (χ1n) is 8.41. The minimum atomic E-state index is -2.18. The van der Waals surface area contributed by atoms with Crippen molar-refractivity contribution in [3.8, 4) is 0 Å². The third kappa shape index (κ3) is 4.80. The Labute approximate surface area is 152 Å². The van der Waals surface area contributed by atoms with Crippen molar-refractivity contribution in [2.75, 3.05) is 6.54 Å². The Bertz CT molecular complexity index is 686. The number of carbonyl (C=O) groups is 3. The molecule has 4 N–H and O–H groups in total. The Morgan fingerprint density at radius 3 is 2.54 bits per heavy atom.